The Morgan fingerprint density at radius 2 is 1.73 bits per heavy atom. The number of nitro benzene ring substituents is 1. The Bertz CT molecular complexity index is 855. The van der Waals surface area contributed by atoms with Gasteiger partial charge in [0, 0.05) is 30.8 Å². The molecule has 0 atom stereocenters. The zero-order chi connectivity index (χ0) is 16.4. The maximum atomic E-state index is 12.3. The predicted octanol–water partition coefficient (Wildman–Crippen LogP) is 1.43. The Morgan fingerprint density at radius 1 is 1.09 bits per heavy atom. The number of carbonyl (C=O) groups is 1. The third-order valence-corrected chi connectivity index (χ3v) is 2.94. The van der Waals surface area contributed by atoms with E-state index in [1.807, 2.05) is 0 Å². The van der Waals surface area contributed by atoms with E-state index in [4.69, 9.17) is 0 Å². The molecule has 0 saturated heterocycles. The lowest BCUT2D eigenvalue weighted by atomic mass is 10.0. The van der Waals surface area contributed by atoms with Crippen LogP contribution in [0.15, 0.2) is 41.3 Å². The molecule has 0 spiro atoms. The van der Waals surface area contributed by atoms with Crippen LogP contribution in [0.3, 0.4) is 0 Å². The number of ketones is 1. The minimum absolute atomic E-state index is 0.0909. The van der Waals surface area contributed by atoms with Crippen LogP contribution in [0.25, 0.3) is 0 Å². The molecule has 0 amide bonds. The van der Waals surface area contributed by atoms with Crippen molar-refractivity contribution in [1.82, 2.24) is 4.57 Å². The summed E-state index contributed by atoms with van der Waals surface area (Å²) in [6, 6.07) is 5.67. The molecule has 0 bridgehead atoms. The first kappa shape index (κ1) is 15.0. The van der Waals surface area contributed by atoms with Crippen molar-refractivity contribution in [2.45, 2.75) is 0 Å². The lowest BCUT2D eigenvalue weighted by molar-refractivity contribution is -0.385. The van der Waals surface area contributed by atoms with Gasteiger partial charge in [0.1, 0.15) is 0 Å². The van der Waals surface area contributed by atoms with Crippen molar-refractivity contribution >= 4 is 17.2 Å². The van der Waals surface area contributed by atoms with Gasteiger partial charge in [0.05, 0.1) is 21.6 Å². The molecule has 2 aromatic rings. The molecule has 1 aromatic heterocycles. The zero-order valence-corrected chi connectivity index (χ0v) is 11.3. The van der Waals surface area contributed by atoms with E-state index in [0.29, 0.717) is 0 Å². The Morgan fingerprint density at radius 3 is 2.32 bits per heavy atom. The van der Waals surface area contributed by atoms with Crippen LogP contribution in [0.2, 0.25) is 0 Å². The molecule has 0 aliphatic heterocycles. The molecule has 112 valence electrons. The summed E-state index contributed by atoms with van der Waals surface area (Å²) >= 11 is 0. The van der Waals surface area contributed by atoms with E-state index in [1.54, 1.807) is 0 Å². The largest absolute Gasteiger partial charge is 0.311 e. The highest BCUT2D eigenvalue weighted by Crippen LogP contribution is 2.17. The van der Waals surface area contributed by atoms with Gasteiger partial charge in [-0.1, -0.05) is 12.1 Å². The van der Waals surface area contributed by atoms with Crippen LogP contribution in [0.5, 0.6) is 0 Å². The smallest absolute Gasteiger partial charge is 0.286 e. The Balaban J connectivity index is 2.59. The maximum absolute atomic E-state index is 12.3. The molecule has 0 saturated carbocycles. The van der Waals surface area contributed by atoms with Gasteiger partial charge in [0.15, 0.2) is 5.78 Å². The van der Waals surface area contributed by atoms with Crippen molar-refractivity contribution < 1.29 is 14.6 Å². The SMILES string of the molecule is Cn1cc([N+](=O)[O-])cc(C(=O)c2cccc([N+](=O)[O-])c2)c1=O. The van der Waals surface area contributed by atoms with Gasteiger partial charge < -0.3 is 4.57 Å². The van der Waals surface area contributed by atoms with Gasteiger partial charge in [-0.2, -0.15) is 0 Å². The van der Waals surface area contributed by atoms with Crippen molar-refractivity contribution in [1.29, 1.82) is 0 Å². The minimum atomic E-state index is -0.812. The summed E-state index contributed by atoms with van der Waals surface area (Å²) in [4.78, 5) is 44.4. The fourth-order valence-electron chi connectivity index (χ4n) is 1.87. The molecule has 0 N–H and O–H groups in total. The van der Waals surface area contributed by atoms with Gasteiger partial charge >= 0.3 is 0 Å². The van der Waals surface area contributed by atoms with Crippen LogP contribution in [0, 0.1) is 20.2 Å². The Kier molecular flexibility index (Phi) is 3.80. The quantitative estimate of drug-likeness (QED) is 0.478. The average molecular weight is 303 g/mol. The fraction of sp³-hybridized carbons (Fsp3) is 0.0769. The van der Waals surface area contributed by atoms with Crippen LogP contribution < -0.4 is 5.56 Å². The average Bonchev–Trinajstić information content (AvgIpc) is 2.49. The second-order valence-electron chi connectivity index (χ2n) is 4.42. The van der Waals surface area contributed by atoms with Gasteiger partial charge in [-0.25, -0.2) is 0 Å². The number of hydrogen-bond donors (Lipinski definition) is 0. The number of nitro groups is 2. The highest BCUT2D eigenvalue weighted by molar-refractivity contribution is 6.09. The summed E-state index contributed by atoms with van der Waals surface area (Å²) in [5.74, 6) is -0.812. The van der Waals surface area contributed by atoms with E-state index in [-0.39, 0.29) is 11.3 Å². The van der Waals surface area contributed by atoms with Crippen molar-refractivity contribution in [3.8, 4) is 0 Å². The van der Waals surface area contributed by atoms with Crippen molar-refractivity contribution in [3.05, 3.63) is 78.2 Å². The molecule has 1 heterocycles. The number of benzene rings is 1. The molecule has 0 aliphatic rings. The van der Waals surface area contributed by atoms with Crippen LogP contribution in [-0.4, -0.2) is 20.2 Å². The number of aromatic nitrogens is 1. The summed E-state index contributed by atoms with van der Waals surface area (Å²) in [7, 11) is 1.28. The number of rotatable bonds is 4. The van der Waals surface area contributed by atoms with E-state index in [0.717, 1.165) is 22.9 Å². The zero-order valence-electron chi connectivity index (χ0n) is 11.3. The lowest BCUT2D eigenvalue weighted by Crippen LogP contribution is -2.24. The lowest BCUT2D eigenvalue weighted by Gasteiger charge is -2.04. The predicted molar refractivity (Wildman–Crippen MR) is 74.9 cm³/mol. The van der Waals surface area contributed by atoms with Gasteiger partial charge in [-0.15, -0.1) is 0 Å². The summed E-state index contributed by atoms with van der Waals surface area (Å²) in [5, 5.41) is 21.5. The van der Waals surface area contributed by atoms with E-state index < -0.39 is 32.4 Å². The highest BCUT2D eigenvalue weighted by Gasteiger charge is 2.20. The van der Waals surface area contributed by atoms with E-state index >= 15 is 0 Å². The molecule has 0 radical (unpaired) electrons. The van der Waals surface area contributed by atoms with Gasteiger partial charge in [-0.3, -0.25) is 29.8 Å². The molecular formula is C13H9N3O6. The second-order valence-corrected chi connectivity index (χ2v) is 4.42. The van der Waals surface area contributed by atoms with E-state index in [1.165, 1.54) is 25.2 Å². The molecular weight excluding hydrogens is 294 g/mol. The topological polar surface area (TPSA) is 125 Å². The van der Waals surface area contributed by atoms with Crippen molar-refractivity contribution in [3.63, 3.8) is 0 Å². The number of pyridine rings is 1. The second kappa shape index (κ2) is 5.56. The first-order chi connectivity index (χ1) is 10.3. The normalized spacial score (nSPS) is 10.2. The van der Waals surface area contributed by atoms with Gasteiger partial charge in [-0.05, 0) is 0 Å². The van der Waals surface area contributed by atoms with E-state index in [9.17, 15) is 29.8 Å². The first-order valence-electron chi connectivity index (χ1n) is 5.95. The monoisotopic (exact) mass is 303 g/mol. The fourth-order valence-corrected chi connectivity index (χ4v) is 1.87. The molecule has 2 rings (SSSR count). The molecule has 0 unspecified atom stereocenters. The third-order valence-electron chi connectivity index (χ3n) is 2.94. The number of non-ortho nitro benzene ring substituents is 1. The number of nitrogens with zero attached hydrogens (tertiary/aromatic N) is 3. The Labute approximate surface area is 122 Å². The Hall–Kier alpha value is -3.36. The molecule has 9 nitrogen and oxygen atoms in total. The first-order valence-corrected chi connectivity index (χ1v) is 5.95. The third kappa shape index (κ3) is 2.73. The van der Waals surface area contributed by atoms with Crippen molar-refractivity contribution in [2.75, 3.05) is 0 Å². The van der Waals surface area contributed by atoms with Crippen molar-refractivity contribution in [2.24, 2.45) is 7.05 Å². The van der Waals surface area contributed by atoms with Crippen LogP contribution in [0.4, 0.5) is 11.4 Å². The molecule has 1 aromatic carbocycles. The standard InChI is InChI=1S/C13H9N3O6/c1-14-7-10(16(21)22)6-11(13(14)18)12(17)8-3-2-4-9(5-8)15(19)20/h2-7H,1H3. The molecule has 22 heavy (non-hydrogen) atoms. The van der Waals surface area contributed by atoms with Gasteiger partial charge in [0.2, 0.25) is 0 Å². The number of carbonyl (C=O) groups excluding carboxylic acids is 1. The molecule has 9 heteroatoms. The maximum Gasteiger partial charge on any atom is 0.286 e. The minimum Gasteiger partial charge on any atom is -0.311 e. The van der Waals surface area contributed by atoms with Crippen LogP contribution >= 0.6 is 0 Å². The highest BCUT2D eigenvalue weighted by atomic mass is 16.6. The number of hydrogen-bond acceptors (Lipinski definition) is 6. The van der Waals surface area contributed by atoms with Crippen LogP contribution in [0.1, 0.15) is 15.9 Å². The number of aryl methyl sites for hydroxylation is 1. The van der Waals surface area contributed by atoms with Crippen LogP contribution in [-0.2, 0) is 7.05 Å². The summed E-state index contributed by atoms with van der Waals surface area (Å²) in [6.45, 7) is 0. The molecule has 0 fully saturated rings. The van der Waals surface area contributed by atoms with Gasteiger partial charge in [0.25, 0.3) is 16.9 Å². The molecule has 0 aliphatic carbocycles. The summed E-state index contributed by atoms with van der Waals surface area (Å²) < 4.78 is 0.919. The van der Waals surface area contributed by atoms with E-state index in [2.05, 4.69) is 0 Å². The summed E-state index contributed by atoms with van der Waals surface area (Å²) in [5.41, 5.74) is -1.96. The summed E-state index contributed by atoms with van der Waals surface area (Å²) in [6.07, 6.45) is 0.993.